The van der Waals surface area contributed by atoms with Gasteiger partial charge in [-0.2, -0.15) is 15.5 Å². The van der Waals surface area contributed by atoms with Gasteiger partial charge in [-0.05, 0) is 18.9 Å². The number of nitriles is 1. The normalized spacial score (nSPS) is 19.3. The minimum atomic E-state index is -0.404. The molecule has 0 aliphatic heterocycles. The van der Waals surface area contributed by atoms with Gasteiger partial charge in [0.1, 0.15) is 17.5 Å². The largest absolute Gasteiger partial charge is 0.366 e. The summed E-state index contributed by atoms with van der Waals surface area (Å²) >= 11 is 0. The van der Waals surface area contributed by atoms with Gasteiger partial charge in [-0.25, -0.2) is 9.50 Å². The van der Waals surface area contributed by atoms with Crippen LogP contribution in [0.15, 0.2) is 24.7 Å². The summed E-state index contributed by atoms with van der Waals surface area (Å²) in [7, 11) is 1.68. The number of nitrogens with zero attached hydrogens (tertiary/aromatic N) is 6. The molecule has 3 heterocycles. The Bertz CT molecular complexity index is 1060. The van der Waals surface area contributed by atoms with E-state index in [4.69, 9.17) is 11.0 Å². The summed E-state index contributed by atoms with van der Waals surface area (Å²) in [5.41, 5.74) is 7.43. The number of amides is 1. The van der Waals surface area contributed by atoms with E-state index in [0.717, 1.165) is 25.7 Å². The standard InChI is InChI=1S/C18H21N9O/c1-26-10-15(14(8-19)25-26)23-18(28)11-9-21-27-7-6-16(24-17(11)27)22-13-5-3-2-4-12(13)20/h6-7,9-10,12-13H,2-5,20H2,1H3,(H,22,24)(H,23,28)/t12-,13+/m0/s1. The molecule has 4 N–H and O–H groups in total. The molecule has 28 heavy (non-hydrogen) atoms. The molecule has 0 aromatic carbocycles. The van der Waals surface area contributed by atoms with E-state index in [1.807, 2.05) is 12.1 Å². The van der Waals surface area contributed by atoms with Crippen LogP contribution in [0.5, 0.6) is 0 Å². The first kappa shape index (κ1) is 17.9. The lowest BCUT2D eigenvalue weighted by molar-refractivity contribution is 0.102. The van der Waals surface area contributed by atoms with E-state index >= 15 is 0 Å². The number of hydrogen-bond donors (Lipinski definition) is 3. The molecule has 10 heteroatoms. The molecule has 1 saturated carbocycles. The molecule has 10 nitrogen and oxygen atoms in total. The summed E-state index contributed by atoms with van der Waals surface area (Å²) in [6.07, 6.45) is 9.06. The first-order chi connectivity index (χ1) is 13.5. The van der Waals surface area contributed by atoms with Gasteiger partial charge in [-0.1, -0.05) is 12.8 Å². The van der Waals surface area contributed by atoms with E-state index in [-0.39, 0.29) is 17.8 Å². The zero-order chi connectivity index (χ0) is 19.7. The molecule has 144 valence electrons. The molecule has 3 aromatic rings. The molecule has 0 unspecified atom stereocenters. The zero-order valence-corrected chi connectivity index (χ0v) is 15.5. The third-order valence-electron chi connectivity index (χ3n) is 4.95. The second-order valence-corrected chi connectivity index (χ2v) is 6.97. The lowest BCUT2D eigenvalue weighted by atomic mass is 9.91. The van der Waals surface area contributed by atoms with Gasteiger partial charge in [0.15, 0.2) is 11.3 Å². The summed E-state index contributed by atoms with van der Waals surface area (Å²) in [4.78, 5) is 17.3. The third kappa shape index (κ3) is 3.39. The number of nitrogens with two attached hydrogens (primary N) is 1. The molecule has 0 saturated heterocycles. The van der Waals surface area contributed by atoms with Crippen LogP contribution in [0.1, 0.15) is 41.7 Å². The van der Waals surface area contributed by atoms with Gasteiger partial charge in [-0.15, -0.1) is 0 Å². The molecule has 1 aliphatic carbocycles. The molecule has 0 radical (unpaired) electrons. The second-order valence-electron chi connectivity index (χ2n) is 6.97. The summed E-state index contributed by atoms with van der Waals surface area (Å²) in [6.45, 7) is 0. The fraction of sp³-hybridized carbons (Fsp3) is 0.389. The Labute approximate surface area is 161 Å². The predicted octanol–water partition coefficient (Wildman–Crippen LogP) is 1.27. The summed E-state index contributed by atoms with van der Waals surface area (Å²) < 4.78 is 3.01. The Kier molecular flexibility index (Phi) is 4.67. The molecule has 1 aliphatic rings. The first-order valence-corrected chi connectivity index (χ1v) is 9.17. The monoisotopic (exact) mass is 379 g/mol. The Hall–Kier alpha value is -3.45. The van der Waals surface area contributed by atoms with Gasteiger partial charge in [-0.3, -0.25) is 9.48 Å². The minimum Gasteiger partial charge on any atom is -0.366 e. The van der Waals surface area contributed by atoms with Crippen LogP contribution in [-0.4, -0.2) is 42.4 Å². The first-order valence-electron chi connectivity index (χ1n) is 9.17. The van der Waals surface area contributed by atoms with E-state index in [2.05, 4.69) is 25.8 Å². The van der Waals surface area contributed by atoms with E-state index in [1.54, 1.807) is 19.4 Å². The number of nitrogens with one attached hydrogen (secondary N) is 2. The van der Waals surface area contributed by atoms with Gasteiger partial charge in [0, 0.05) is 31.5 Å². The SMILES string of the molecule is Cn1cc(NC(=O)c2cnn3ccc(N[C@@H]4CCCC[C@@H]4N)nc23)c(C#N)n1. The quantitative estimate of drug-likeness (QED) is 0.620. The lowest BCUT2D eigenvalue weighted by Crippen LogP contribution is -2.42. The van der Waals surface area contributed by atoms with Gasteiger partial charge in [0.2, 0.25) is 0 Å². The van der Waals surface area contributed by atoms with Crippen molar-refractivity contribution in [1.82, 2.24) is 24.4 Å². The van der Waals surface area contributed by atoms with Crippen molar-refractivity contribution in [3.8, 4) is 6.07 Å². The van der Waals surface area contributed by atoms with Crippen molar-refractivity contribution in [3.05, 3.63) is 35.9 Å². The van der Waals surface area contributed by atoms with Crippen molar-refractivity contribution in [2.75, 3.05) is 10.6 Å². The molecule has 0 spiro atoms. The number of carbonyl (C=O) groups is 1. The highest BCUT2D eigenvalue weighted by Gasteiger charge is 2.23. The molecule has 4 rings (SSSR count). The average Bonchev–Trinajstić information content (AvgIpc) is 3.26. The summed E-state index contributed by atoms with van der Waals surface area (Å²) in [5, 5.41) is 23.4. The molecule has 1 fully saturated rings. The van der Waals surface area contributed by atoms with Crippen LogP contribution in [0, 0.1) is 11.3 Å². The maximum absolute atomic E-state index is 12.7. The van der Waals surface area contributed by atoms with Crippen LogP contribution in [0.2, 0.25) is 0 Å². The fourth-order valence-corrected chi connectivity index (χ4v) is 3.49. The van der Waals surface area contributed by atoms with Crippen LogP contribution >= 0.6 is 0 Å². The van der Waals surface area contributed by atoms with Crippen molar-refractivity contribution < 1.29 is 4.79 Å². The van der Waals surface area contributed by atoms with E-state index < -0.39 is 5.91 Å². The van der Waals surface area contributed by atoms with Crippen molar-refractivity contribution in [1.29, 1.82) is 5.26 Å². The van der Waals surface area contributed by atoms with Crippen LogP contribution in [0.3, 0.4) is 0 Å². The maximum Gasteiger partial charge on any atom is 0.261 e. The van der Waals surface area contributed by atoms with Crippen molar-refractivity contribution in [2.24, 2.45) is 12.8 Å². The van der Waals surface area contributed by atoms with Gasteiger partial charge >= 0.3 is 0 Å². The molecular weight excluding hydrogens is 358 g/mol. The van der Waals surface area contributed by atoms with E-state index in [0.29, 0.717) is 22.7 Å². The number of anilines is 2. The van der Waals surface area contributed by atoms with Crippen molar-refractivity contribution >= 4 is 23.1 Å². The van der Waals surface area contributed by atoms with Crippen molar-refractivity contribution in [2.45, 2.75) is 37.8 Å². The lowest BCUT2D eigenvalue weighted by Gasteiger charge is -2.29. The second kappa shape index (κ2) is 7.28. The highest BCUT2D eigenvalue weighted by Crippen LogP contribution is 2.21. The Morgan fingerprint density at radius 2 is 2.21 bits per heavy atom. The van der Waals surface area contributed by atoms with Crippen LogP contribution < -0.4 is 16.4 Å². The van der Waals surface area contributed by atoms with Gasteiger partial charge < -0.3 is 16.4 Å². The highest BCUT2D eigenvalue weighted by atomic mass is 16.1. The molecule has 2 atom stereocenters. The average molecular weight is 379 g/mol. The number of hydrogen-bond acceptors (Lipinski definition) is 7. The molecule has 3 aromatic heterocycles. The zero-order valence-electron chi connectivity index (χ0n) is 15.5. The number of rotatable bonds is 4. The number of carbonyl (C=O) groups excluding carboxylic acids is 1. The predicted molar refractivity (Wildman–Crippen MR) is 103 cm³/mol. The fourth-order valence-electron chi connectivity index (χ4n) is 3.49. The highest BCUT2D eigenvalue weighted by molar-refractivity contribution is 6.08. The Morgan fingerprint density at radius 3 is 3.00 bits per heavy atom. The van der Waals surface area contributed by atoms with Gasteiger partial charge in [0.25, 0.3) is 5.91 Å². The van der Waals surface area contributed by atoms with Crippen molar-refractivity contribution in [3.63, 3.8) is 0 Å². The smallest absolute Gasteiger partial charge is 0.261 e. The topological polar surface area (TPSA) is 139 Å². The van der Waals surface area contributed by atoms with E-state index in [1.165, 1.54) is 15.4 Å². The third-order valence-corrected chi connectivity index (χ3v) is 4.95. The Balaban J connectivity index is 1.59. The van der Waals surface area contributed by atoms with Crippen LogP contribution in [0.25, 0.3) is 5.65 Å². The molecule has 1 amide bonds. The minimum absolute atomic E-state index is 0.0921. The number of aromatic nitrogens is 5. The molecular formula is C18H21N9O. The number of aryl methyl sites for hydroxylation is 1. The van der Waals surface area contributed by atoms with Gasteiger partial charge in [0.05, 0.1) is 11.9 Å². The van der Waals surface area contributed by atoms with E-state index in [9.17, 15) is 4.79 Å². The van der Waals surface area contributed by atoms with Crippen LogP contribution in [0.4, 0.5) is 11.5 Å². The Morgan fingerprint density at radius 1 is 1.39 bits per heavy atom. The summed E-state index contributed by atoms with van der Waals surface area (Å²) in [6, 6.07) is 4.03. The molecule has 0 bridgehead atoms. The number of fused-ring (bicyclic) bond motifs is 1. The summed E-state index contributed by atoms with van der Waals surface area (Å²) in [5.74, 6) is 0.252. The maximum atomic E-state index is 12.7. The van der Waals surface area contributed by atoms with Crippen LogP contribution in [-0.2, 0) is 7.05 Å².